The van der Waals surface area contributed by atoms with Gasteiger partial charge in [0, 0.05) is 7.05 Å². The summed E-state index contributed by atoms with van der Waals surface area (Å²) in [5.74, 6) is -0.618. The molecule has 0 N–H and O–H groups in total. The molecule has 1 unspecified atom stereocenters. The molecule has 0 saturated heterocycles. The molecule has 0 spiro atoms. The fourth-order valence-electron chi connectivity index (χ4n) is 3.78. The lowest BCUT2D eigenvalue weighted by molar-refractivity contribution is -0.157. The minimum atomic E-state index is -3.91. The number of esters is 1. The Bertz CT molecular complexity index is 1110. The highest BCUT2D eigenvalue weighted by Gasteiger charge is 2.33. The molecule has 0 saturated carbocycles. The topological polar surface area (TPSA) is 72.9 Å². The number of hydrogen-bond acceptors (Lipinski definition) is 5. The number of carbonyl (C=O) groups excluding carboxylic acids is 1. The van der Waals surface area contributed by atoms with Gasteiger partial charge in [-0.05, 0) is 75.4 Å². The van der Waals surface area contributed by atoms with Gasteiger partial charge < -0.3 is 9.47 Å². The monoisotopic (exact) mass is 483 g/mol. The van der Waals surface area contributed by atoms with E-state index in [4.69, 9.17) is 21.1 Å². The first-order valence-electron chi connectivity index (χ1n) is 10.3. The molecule has 2 aromatic carbocycles. The van der Waals surface area contributed by atoms with Crippen molar-refractivity contribution in [2.75, 3.05) is 13.7 Å². The molecule has 0 bridgehead atoms. The van der Waals surface area contributed by atoms with Crippen LogP contribution in [0.4, 0.5) is 4.39 Å². The minimum Gasteiger partial charge on any atom is -0.482 e. The van der Waals surface area contributed by atoms with E-state index in [1.165, 1.54) is 17.4 Å². The molecule has 9 heteroatoms. The predicted molar refractivity (Wildman–Crippen MR) is 120 cm³/mol. The normalized spacial score (nSPS) is 16.5. The third-order valence-electron chi connectivity index (χ3n) is 5.21. The summed E-state index contributed by atoms with van der Waals surface area (Å²) in [5, 5.41) is -0.249. The third-order valence-corrected chi connectivity index (χ3v) is 7.36. The Morgan fingerprint density at radius 2 is 1.97 bits per heavy atom. The van der Waals surface area contributed by atoms with Gasteiger partial charge in [0.1, 0.15) is 17.2 Å². The van der Waals surface area contributed by atoms with E-state index in [2.05, 4.69) is 0 Å². The van der Waals surface area contributed by atoms with Crippen LogP contribution in [0.25, 0.3) is 0 Å². The zero-order chi connectivity index (χ0) is 23.7. The SMILES string of the molecule is CN(C1CCCc2c(OCC(=O)OC(C)(C)C)cccc21)S(=O)(=O)c1ccc(F)c(Cl)c1. The number of halogens is 2. The van der Waals surface area contributed by atoms with E-state index in [1.807, 2.05) is 6.07 Å². The quantitative estimate of drug-likeness (QED) is 0.546. The first-order chi connectivity index (χ1) is 14.9. The molecule has 0 amide bonds. The number of sulfonamides is 1. The van der Waals surface area contributed by atoms with E-state index < -0.39 is 33.5 Å². The van der Waals surface area contributed by atoms with Gasteiger partial charge in [-0.2, -0.15) is 4.31 Å². The molecular weight excluding hydrogens is 457 g/mol. The molecule has 0 aliphatic heterocycles. The highest BCUT2D eigenvalue weighted by molar-refractivity contribution is 7.89. The van der Waals surface area contributed by atoms with Gasteiger partial charge >= 0.3 is 5.97 Å². The van der Waals surface area contributed by atoms with Crippen molar-refractivity contribution in [3.63, 3.8) is 0 Å². The smallest absolute Gasteiger partial charge is 0.344 e. The van der Waals surface area contributed by atoms with Gasteiger partial charge in [0.15, 0.2) is 6.61 Å². The Labute approximate surface area is 193 Å². The van der Waals surface area contributed by atoms with Gasteiger partial charge in [-0.1, -0.05) is 23.7 Å². The van der Waals surface area contributed by atoms with Crippen LogP contribution in [0, 0.1) is 5.82 Å². The molecule has 0 aromatic heterocycles. The Morgan fingerprint density at radius 3 is 2.62 bits per heavy atom. The second-order valence-electron chi connectivity index (χ2n) is 8.70. The Hall–Kier alpha value is -2.16. The molecule has 1 atom stereocenters. The molecule has 2 aromatic rings. The number of fused-ring (bicyclic) bond motifs is 1. The van der Waals surface area contributed by atoms with Gasteiger partial charge in [-0.15, -0.1) is 0 Å². The van der Waals surface area contributed by atoms with Crippen LogP contribution in [0.1, 0.15) is 50.8 Å². The molecule has 6 nitrogen and oxygen atoms in total. The first kappa shape index (κ1) is 24.5. The summed E-state index contributed by atoms with van der Waals surface area (Å²) < 4.78 is 52.2. The summed E-state index contributed by atoms with van der Waals surface area (Å²) >= 11 is 5.80. The van der Waals surface area contributed by atoms with Crippen molar-refractivity contribution in [1.29, 1.82) is 0 Å². The Morgan fingerprint density at radius 1 is 1.25 bits per heavy atom. The van der Waals surface area contributed by atoms with Crippen LogP contribution in [0.15, 0.2) is 41.3 Å². The fourth-order valence-corrected chi connectivity index (χ4v) is 5.42. The van der Waals surface area contributed by atoms with Crippen molar-refractivity contribution < 1.29 is 27.1 Å². The molecule has 3 rings (SSSR count). The van der Waals surface area contributed by atoms with Crippen molar-refractivity contribution in [3.05, 3.63) is 58.4 Å². The van der Waals surface area contributed by atoms with Gasteiger partial charge in [0.25, 0.3) is 0 Å². The molecule has 0 radical (unpaired) electrons. The van der Waals surface area contributed by atoms with E-state index in [1.54, 1.807) is 32.9 Å². The minimum absolute atomic E-state index is 0.0733. The summed E-state index contributed by atoms with van der Waals surface area (Å²) in [7, 11) is -2.41. The van der Waals surface area contributed by atoms with E-state index in [9.17, 15) is 17.6 Å². The zero-order valence-corrected chi connectivity index (χ0v) is 20.1. The van der Waals surface area contributed by atoms with Gasteiger partial charge in [0.2, 0.25) is 10.0 Å². The summed E-state index contributed by atoms with van der Waals surface area (Å²) in [6.07, 6.45) is 2.06. The second kappa shape index (κ2) is 9.37. The zero-order valence-electron chi connectivity index (χ0n) is 18.5. The average molecular weight is 484 g/mol. The number of ether oxygens (including phenoxy) is 2. The number of carbonyl (C=O) groups is 1. The lowest BCUT2D eigenvalue weighted by atomic mass is 9.87. The molecular formula is C23H27ClFNO5S. The highest BCUT2D eigenvalue weighted by atomic mass is 35.5. The lowest BCUT2D eigenvalue weighted by Crippen LogP contribution is -2.33. The summed E-state index contributed by atoms with van der Waals surface area (Å²) in [4.78, 5) is 12.0. The highest BCUT2D eigenvalue weighted by Crippen LogP contribution is 2.40. The van der Waals surface area contributed by atoms with Crippen LogP contribution in [0.2, 0.25) is 5.02 Å². The van der Waals surface area contributed by atoms with Crippen molar-refractivity contribution >= 4 is 27.6 Å². The summed E-state index contributed by atoms with van der Waals surface area (Å²) in [6, 6.07) is 8.34. The summed E-state index contributed by atoms with van der Waals surface area (Å²) in [6.45, 7) is 5.11. The predicted octanol–water partition coefficient (Wildman–Crippen LogP) is 4.90. The maximum absolute atomic E-state index is 13.5. The van der Waals surface area contributed by atoms with Crippen molar-refractivity contribution in [2.45, 2.75) is 56.6 Å². The van der Waals surface area contributed by atoms with Crippen molar-refractivity contribution in [1.82, 2.24) is 4.31 Å². The third kappa shape index (κ3) is 5.42. The molecule has 1 aliphatic carbocycles. The first-order valence-corrected chi connectivity index (χ1v) is 12.1. The number of rotatable bonds is 6. The van der Waals surface area contributed by atoms with Crippen LogP contribution < -0.4 is 4.74 Å². The summed E-state index contributed by atoms with van der Waals surface area (Å²) in [5.41, 5.74) is 1.07. The molecule has 174 valence electrons. The van der Waals surface area contributed by atoms with Gasteiger partial charge in [-0.25, -0.2) is 17.6 Å². The molecule has 0 heterocycles. The second-order valence-corrected chi connectivity index (χ2v) is 11.1. The maximum Gasteiger partial charge on any atom is 0.344 e. The number of hydrogen-bond donors (Lipinski definition) is 0. The van der Waals surface area contributed by atoms with Crippen molar-refractivity contribution in [3.8, 4) is 5.75 Å². The molecule has 1 aliphatic rings. The lowest BCUT2D eigenvalue weighted by Gasteiger charge is -2.33. The molecule has 0 fully saturated rings. The van der Waals surface area contributed by atoms with Crippen molar-refractivity contribution in [2.24, 2.45) is 0 Å². The van der Waals surface area contributed by atoms with Crippen LogP contribution >= 0.6 is 11.6 Å². The van der Waals surface area contributed by atoms with E-state index >= 15 is 0 Å². The van der Waals surface area contributed by atoms with Gasteiger partial charge in [-0.3, -0.25) is 0 Å². The van der Waals surface area contributed by atoms with E-state index in [0.29, 0.717) is 18.6 Å². The molecule has 32 heavy (non-hydrogen) atoms. The maximum atomic E-state index is 13.5. The Balaban J connectivity index is 1.85. The van der Waals surface area contributed by atoms with Crippen LogP contribution in [-0.2, 0) is 26.0 Å². The number of benzene rings is 2. The Kier molecular flexibility index (Phi) is 7.17. The van der Waals surface area contributed by atoms with Crippen LogP contribution in [-0.4, -0.2) is 37.9 Å². The van der Waals surface area contributed by atoms with E-state index in [-0.39, 0.29) is 16.5 Å². The number of nitrogens with zero attached hydrogens (tertiary/aromatic N) is 1. The fraction of sp³-hybridized carbons (Fsp3) is 0.435. The van der Waals surface area contributed by atoms with E-state index in [0.717, 1.165) is 29.7 Å². The van der Waals surface area contributed by atoms with Crippen LogP contribution in [0.3, 0.4) is 0 Å². The van der Waals surface area contributed by atoms with Gasteiger partial charge in [0.05, 0.1) is 16.0 Å². The average Bonchev–Trinajstić information content (AvgIpc) is 2.71. The van der Waals surface area contributed by atoms with Crippen LogP contribution in [0.5, 0.6) is 5.75 Å². The standard InChI is InChI=1S/C23H27ClFNO5S/c1-23(2,3)31-22(27)14-30-21-10-6-7-16-17(21)8-5-9-20(16)26(4)32(28,29)15-11-12-19(25)18(24)13-15/h6-7,10-13,20H,5,8-9,14H2,1-4H3. The largest absolute Gasteiger partial charge is 0.482 e.